The van der Waals surface area contributed by atoms with Gasteiger partial charge in [0.2, 0.25) is 5.91 Å². The highest BCUT2D eigenvalue weighted by Crippen LogP contribution is 2.27. The van der Waals surface area contributed by atoms with E-state index in [2.05, 4.69) is 4.98 Å². The zero-order chi connectivity index (χ0) is 17.3. The lowest BCUT2D eigenvalue weighted by Gasteiger charge is -2.32. The van der Waals surface area contributed by atoms with Crippen LogP contribution >= 0.6 is 23.1 Å². The van der Waals surface area contributed by atoms with Crippen molar-refractivity contribution in [3.05, 3.63) is 21.8 Å². The highest BCUT2D eigenvalue weighted by atomic mass is 32.2. The average molecular weight is 366 g/mol. The van der Waals surface area contributed by atoms with Gasteiger partial charge in [0.05, 0.1) is 10.8 Å². The summed E-state index contributed by atoms with van der Waals surface area (Å²) in [6, 6.07) is 2.21. The fourth-order valence-electron chi connectivity index (χ4n) is 3.22. The molecule has 0 aromatic carbocycles. The topological polar surface area (TPSA) is 55.2 Å². The molecule has 1 aliphatic carbocycles. The molecule has 24 heavy (non-hydrogen) atoms. The summed E-state index contributed by atoms with van der Waals surface area (Å²) in [4.78, 5) is 31.6. The largest absolute Gasteiger partial charge is 0.342 e. The van der Waals surface area contributed by atoms with E-state index in [4.69, 9.17) is 0 Å². The maximum Gasteiger partial charge on any atom is 0.271 e. The van der Waals surface area contributed by atoms with Gasteiger partial charge in [0.15, 0.2) is 5.16 Å². The molecule has 0 saturated heterocycles. The second-order valence-corrected chi connectivity index (χ2v) is 8.62. The van der Waals surface area contributed by atoms with Gasteiger partial charge >= 0.3 is 0 Å². The molecule has 1 saturated carbocycles. The van der Waals surface area contributed by atoms with E-state index < -0.39 is 0 Å². The van der Waals surface area contributed by atoms with Crippen LogP contribution in [0.3, 0.4) is 0 Å². The molecular formula is C17H23N3O2S2. The summed E-state index contributed by atoms with van der Waals surface area (Å²) in [6.07, 6.45) is 5.87. The number of carbonyl (C=O) groups is 1. The zero-order valence-electron chi connectivity index (χ0n) is 14.3. The first-order valence-electron chi connectivity index (χ1n) is 8.36. The minimum absolute atomic E-state index is 0.0437. The Balaban J connectivity index is 1.76. The highest BCUT2D eigenvalue weighted by Gasteiger charge is 2.27. The van der Waals surface area contributed by atoms with E-state index in [1.807, 2.05) is 30.3 Å². The van der Waals surface area contributed by atoms with E-state index in [0.29, 0.717) is 21.4 Å². The summed E-state index contributed by atoms with van der Waals surface area (Å²) >= 11 is 2.77. The van der Waals surface area contributed by atoms with Crippen LogP contribution in [0.25, 0.3) is 10.2 Å². The molecule has 1 aliphatic rings. The average Bonchev–Trinajstić information content (AvgIpc) is 3.07. The third-order valence-corrected chi connectivity index (χ3v) is 6.77. The van der Waals surface area contributed by atoms with Crippen molar-refractivity contribution < 1.29 is 4.79 Å². The van der Waals surface area contributed by atoms with Gasteiger partial charge in [-0.1, -0.05) is 31.0 Å². The first-order chi connectivity index (χ1) is 11.5. The summed E-state index contributed by atoms with van der Waals surface area (Å²) in [5.41, 5.74) is 0.670. The standard InChI is InChI=1S/C17H23N3O2S2/c1-11(15(21)19(2)12-7-5-4-6-8-12)24-17-18-13-9-10-23-14(13)16(22)20(17)3/h9-12H,4-8H2,1-3H3. The van der Waals surface area contributed by atoms with Gasteiger partial charge in [-0.2, -0.15) is 0 Å². The Morgan fingerprint density at radius 3 is 2.83 bits per heavy atom. The van der Waals surface area contributed by atoms with Gasteiger partial charge in [-0.25, -0.2) is 4.98 Å². The molecule has 3 rings (SSSR count). The Labute approximate surface area is 150 Å². The third-order valence-electron chi connectivity index (χ3n) is 4.75. The molecule has 2 heterocycles. The van der Waals surface area contributed by atoms with Crippen molar-refractivity contribution in [2.45, 2.75) is 55.5 Å². The summed E-state index contributed by atoms with van der Waals surface area (Å²) < 4.78 is 2.22. The predicted octanol–water partition coefficient (Wildman–Crippen LogP) is 3.27. The predicted molar refractivity (Wildman–Crippen MR) is 99.8 cm³/mol. The van der Waals surface area contributed by atoms with Crippen molar-refractivity contribution >= 4 is 39.2 Å². The molecule has 1 fully saturated rings. The van der Waals surface area contributed by atoms with E-state index >= 15 is 0 Å². The molecule has 1 unspecified atom stereocenters. The summed E-state index contributed by atoms with van der Waals surface area (Å²) in [5, 5.41) is 2.22. The number of carbonyl (C=O) groups excluding carboxylic acids is 1. The lowest BCUT2D eigenvalue weighted by atomic mass is 9.94. The molecule has 130 valence electrons. The fraction of sp³-hybridized carbons (Fsp3) is 0.588. The van der Waals surface area contributed by atoms with Gasteiger partial charge in [-0.3, -0.25) is 14.2 Å². The Morgan fingerprint density at radius 1 is 1.42 bits per heavy atom. The monoisotopic (exact) mass is 365 g/mol. The van der Waals surface area contributed by atoms with Gasteiger partial charge in [-0.15, -0.1) is 11.3 Å². The number of thioether (sulfide) groups is 1. The minimum atomic E-state index is -0.258. The van der Waals surface area contributed by atoms with Crippen molar-refractivity contribution in [2.75, 3.05) is 7.05 Å². The summed E-state index contributed by atoms with van der Waals surface area (Å²) in [5.74, 6) is 0.117. The number of hydrogen-bond donors (Lipinski definition) is 0. The number of hydrogen-bond acceptors (Lipinski definition) is 5. The van der Waals surface area contributed by atoms with Crippen LogP contribution in [0.2, 0.25) is 0 Å². The Morgan fingerprint density at radius 2 is 2.12 bits per heavy atom. The number of fused-ring (bicyclic) bond motifs is 1. The number of rotatable bonds is 4. The molecule has 0 spiro atoms. The highest BCUT2D eigenvalue weighted by molar-refractivity contribution is 8.00. The van der Waals surface area contributed by atoms with Gasteiger partial charge in [-0.05, 0) is 31.2 Å². The van der Waals surface area contributed by atoms with Gasteiger partial charge < -0.3 is 4.90 Å². The van der Waals surface area contributed by atoms with Crippen molar-refractivity contribution in [1.82, 2.24) is 14.5 Å². The number of nitrogens with zero attached hydrogens (tertiary/aromatic N) is 3. The summed E-state index contributed by atoms with van der Waals surface area (Å²) in [6.45, 7) is 1.90. The molecule has 1 amide bonds. The number of amides is 1. The molecule has 0 radical (unpaired) electrons. The first-order valence-corrected chi connectivity index (χ1v) is 10.1. The van der Waals surface area contributed by atoms with Crippen LogP contribution in [0.5, 0.6) is 0 Å². The first kappa shape index (κ1) is 17.5. The second-order valence-electron chi connectivity index (χ2n) is 6.39. The quantitative estimate of drug-likeness (QED) is 0.616. The molecule has 2 aromatic rings. The van der Waals surface area contributed by atoms with Crippen LogP contribution in [-0.2, 0) is 11.8 Å². The van der Waals surface area contributed by atoms with E-state index in [1.165, 1.54) is 42.4 Å². The molecule has 1 atom stereocenters. The lowest BCUT2D eigenvalue weighted by molar-refractivity contribution is -0.131. The van der Waals surface area contributed by atoms with Crippen LogP contribution in [0, 0.1) is 0 Å². The van der Waals surface area contributed by atoms with Crippen LogP contribution in [0.15, 0.2) is 21.4 Å². The minimum Gasteiger partial charge on any atom is -0.342 e. The maximum absolute atomic E-state index is 12.7. The van der Waals surface area contributed by atoms with E-state index in [9.17, 15) is 9.59 Å². The molecule has 0 bridgehead atoms. The Bertz CT molecular complexity index is 793. The number of aromatic nitrogens is 2. The van der Waals surface area contributed by atoms with E-state index in [-0.39, 0.29) is 16.7 Å². The molecule has 5 nitrogen and oxygen atoms in total. The van der Waals surface area contributed by atoms with Crippen molar-refractivity contribution in [2.24, 2.45) is 7.05 Å². The zero-order valence-corrected chi connectivity index (χ0v) is 16.0. The number of thiophene rings is 1. The molecule has 7 heteroatoms. The van der Waals surface area contributed by atoms with E-state index in [1.54, 1.807) is 11.6 Å². The second kappa shape index (κ2) is 7.27. The SMILES string of the molecule is CC(Sc1nc2ccsc2c(=O)n1C)C(=O)N(C)C1CCCCC1. The molecule has 2 aromatic heterocycles. The van der Waals surface area contributed by atoms with Crippen LogP contribution in [0.1, 0.15) is 39.0 Å². The summed E-state index contributed by atoms with van der Waals surface area (Å²) in [7, 11) is 3.63. The van der Waals surface area contributed by atoms with Crippen molar-refractivity contribution in [3.8, 4) is 0 Å². The van der Waals surface area contributed by atoms with Gasteiger partial charge in [0.1, 0.15) is 4.70 Å². The van der Waals surface area contributed by atoms with Crippen molar-refractivity contribution in [3.63, 3.8) is 0 Å². The fourth-order valence-corrected chi connectivity index (χ4v) is 5.00. The molecule has 0 aliphatic heterocycles. The molecular weight excluding hydrogens is 342 g/mol. The van der Waals surface area contributed by atoms with Gasteiger partial charge in [0, 0.05) is 20.1 Å². The van der Waals surface area contributed by atoms with Crippen LogP contribution in [-0.4, -0.2) is 38.7 Å². The smallest absolute Gasteiger partial charge is 0.271 e. The lowest BCUT2D eigenvalue weighted by Crippen LogP contribution is -2.42. The Hall–Kier alpha value is -1.34. The van der Waals surface area contributed by atoms with Crippen molar-refractivity contribution in [1.29, 1.82) is 0 Å². The third kappa shape index (κ3) is 3.37. The Kier molecular flexibility index (Phi) is 5.30. The maximum atomic E-state index is 12.7. The normalized spacial score (nSPS) is 17.1. The van der Waals surface area contributed by atoms with Crippen LogP contribution in [0.4, 0.5) is 0 Å². The van der Waals surface area contributed by atoms with Gasteiger partial charge in [0.25, 0.3) is 5.56 Å². The van der Waals surface area contributed by atoms with Crippen LogP contribution < -0.4 is 5.56 Å². The van der Waals surface area contributed by atoms with E-state index in [0.717, 1.165) is 12.8 Å². The molecule has 0 N–H and O–H groups in total.